The summed E-state index contributed by atoms with van der Waals surface area (Å²) >= 11 is 0. The smallest absolute Gasteiger partial charge is 0.221 e. The van der Waals surface area contributed by atoms with Gasteiger partial charge in [-0.15, -0.1) is 0 Å². The first-order valence-electron chi connectivity index (χ1n) is 7.60. The van der Waals surface area contributed by atoms with E-state index in [2.05, 4.69) is 46.3 Å². The van der Waals surface area contributed by atoms with Gasteiger partial charge < -0.3 is 16.0 Å². The molecule has 1 atom stereocenters. The summed E-state index contributed by atoms with van der Waals surface area (Å²) in [4.78, 5) is 16.3. The van der Waals surface area contributed by atoms with Crippen LogP contribution in [-0.2, 0) is 4.79 Å². The second-order valence-electron chi connectivity index (χ2n) is 5.63. The third kappa shape index (κ3) is 4.19. The largest absolute Gasteiger partial charge is 0.369 e. The van der Waals surface area contributed by atoms with E-state index < -0.39 is 0 Å². The zero-order chi connectivity index (χ0) is 15.2. The fourth-order valence-electron chi connectivity index (χ4n) is 2.85. The van der Waals surface area contributed by atoms with Crippen molar-refractivity contribution in [1.29, 1.82) is 0 Å². The SMILES string of the molecule is CNC(=O)CC(CN)N1CCN(c2cccc(C)c2)CC1. The molecule has 116 valence electrons. The normalized spacial score (nSPS) is 17.6. The van der Waals surface area contributed by atoms with Gasteiger partial charge in [0, 0.05) is 57.9 Å². The van der Waals surface area contributed by atoms with E-state index in [1.54, 1.807) is 7.05 Å². The molecule has 5 nitrogen and oxygen atoms in total. The Morgan fingerprint density at radius 2 is 2.05 bits per heavy atom. The molecular formula is C16H26N4O. The van der Waals surface area contributed by atoms with Crippen molar-refractivity contribution >= 4 is 11.6 Å². The van der Waals surface area contributed by atoms with Gasteiger partial charge in [-0.25, -0.2) is 0 Å². The van der Waals surface area contributed by atoms with Gasteiger partial charge in [-0.3, -0.25) is 9.69 Å². The Kier molecular flexibility index (Phi) is 5.59. The van der Waals surface area contributed by atoms with E-state index in [1.807, 2.05) is 0 Å². The minimum Gasteiger partial charge on any atom is -0.369 e. The molecule has 3 N–H and O–H groups in total. The van der Waals surface area contributed by atoms with Crippen molar-refractivity contribution in [1.82, 2.24) is 10.2 Å². The first-order chi connectivity index (χ1) is 10.1. The highest BCUT2D eigenvalue weighted by Gasteiger charge is 2.24. The van der Waals surface area contributed by atoms with Gasteiger partial charge in [0.05, 0.1) is 0 Å². The van der Waals surface area contributed by atoms with E-state index >= 15 is 0 Å². The summed E-state index contributed by atoms with van der Waals surface area (Å²) in [5.74, 6) is 0.0616. The van der Waals surface area contributed by atoms with Gasteiger partial charge in [0.15, 0.2) is 0 Å². The molecule has 0 spiro atoms. The van der Waals surface area contributed by atoms with E-state index in [1.165, 1.54) is 11.3 Å². The molecule has 5 heteroatoms. The summed E-state index contributed by atoms with van der Waals surface area (Å²) in [5.41, 5.74) is 8.41. The summed E-state index contributed by atoms with van der Waals surface area (Å²) < 4.78 is 0. The minimum absolute atomic E-state index is 0.0616. The van der Waals surface area contributed by atoms with Crippen molar-refractivity contribution in [3.05, 3.63) is 29.8 Å². The van der Waals surface area contributed by atoms with Crippen molar-refractivity contribution in [2.75, 3.05) is 44.7 Å². The second-order valence-corrected chi connectivity index (χ2v) is 5.63. The number of anilines is 1. The molecule has 0 aliphatic carbocycles. The number of nitrogens with zero attached hydrogens (tertiary/aromatic N) is 2. The number of rotatable bonds is 5. The third-order valence-corrected chi connectivity index (χ3v) is 4.17. The van der Waals surface area contributed by atoms with Crippen LogP contribution in [0.3, 0.4) is 0 Å². The van der Waals surface area contributed by atoms with Crippen molar-refractivity contribution < 1.29 is 4.79 Å². The summed E-state index contributed by atoms with van der Waals surface area (Å²) in [5, 5.41) is 2.68. The van der Waals surface area contributed by atoms with Crippen molar-refractivity contribution in [2.24, 2.45) is 5.73 Å². The predicted octanol–water partition coefficient (Wildman–Crippen LogP) is 0.580. The molecule has 1 heterocycles. The molecule has 2 rings (SSSR count). The van der Waals surface area contributed by atoms with Crippen LogP contribution in [0, 0.1) is 6.92 Å². The van der Waals surface area contributed by atoms with E-state index in [0.29, 0.717) is 13.0 Å². The van der Waals surface area contributed by atoms with E-state index in [0.717, 1.165) is 26.2 Å². The average Bonchev–Trinajstić information content (AvgIpc) is 2.52. The number of piperazine rings is 1. The highest BCUT2D eigenvalue weighted by Crippen LogP contribution is 2.19. The number of hydrogen-bond donors (Lipinski definition) is 2. The monoisotopic (exact) mass is 290 g/mol. The molecule has 1 fully saturated rings. The maximum Gasteiger partial charge on any atom is 0.221 e. The zero-order valence-electron chi connectivity index (χ0n) is 13.0. The highest BCUT2D eigenvalue weighted by atomic mass is 16.1. The van der Waals surface area contributed by atoms with Gasteiger partial charge in [-0.1, -0.05) is 12.1 Å². The highest BCUT2D eigenvalue weighted by molar-refractivity contribution is 5.76. The molecule has 0 radical (unpaired) electrons. The Labute approximate surface area is 127 Å². The first kappa shape index (κ1) is 15.8. The molecule has 0 bridgehead atoms. The Morgan fingerprint density at radius 1 is 1.33 bits per heavy atom. The maximum atomic E-state index is 11.5. The lowest BCUT2D eigenvalue weighted by atomic mass is 10.1. The second kappa shape index (κ2) is 7.43. The molecule has 1 aromatic carbocycles. The van der Waals surface area contributed by atoms with E-state index in [-0.39, 0.29) is 11.9 Å². The van der Waals surface area contributed by atoms with Gasteiger partial charge in [0.2, 0.25) is 5.91 Å². The van der Waals surface area contributed by atoms with Crippen LogP contribution in [0.4, 0.5) is 5.69 Å². The van der Waals surface area contributed by atoms with Crippen LogP contribution < -0.4 is 16.0 Å². The van der Waals surface area contributed by atoms with Crippen LogP contribution in [0.25, 0.3) is 0 Å². The fraction of sp³-hybridized carbons (Fsp3) is 0.562. The molecule has 1 saturated heterocycles. The maximum absolute atomic E-state index is 11.5. The number of hydrogen-bond acceptors (Lipinski definition) is 4. The lowest BCUT2D eigenvalue weighted by Crippen LogP contribution is -2.53. The molecular weight excluding hydrogens is 264 g/mol. The number of amides is 1. The molecule has 0 saturated carbocycles. The standard InChI is InChI=1S/C16H26N4O/c1-13-4-3-5-14(10-13)19-6-8-20(9-7-19)15(12-17)11-16(21)18-2/h3-5,10,15H,6-9,11-12,17H2,1-2H3,(H,18,21). The summed E-state index contributed by atoms with van der Waals surface area (Å²) in [6.45, 7) is 6.51. The van der Waals surface area contributed by atoms with Gasteiger partial charge in [-0.2, -0.15) is 0 Å². The number of carbonyl (C=O) groups is 1. The van der Waals surface area contributed by atoms with Gasteiger partial charge in [-0.05, 0) is 24.6 Å². The lowest BCUT2D eigenvalue weighted by Gasteiger charge is -2.39. The number of nitrogens with two attached hydrogens (primary N) is 1. The molecule has 1 aliphatic rings. The van der Waals surface area contributed by atoms with E-state index in [9.17, 15) is 4.79 Å². The molecule has 0 aromatic heterocycles. The van der Waals surface area contributed by atoms with Crippen LogP contribution >= 0.6 is 0 Å². The fourth-order valence-corrected chi connectivity index (χ4v) is 2.85. The number of aryl methyl sites for hydroxylation is 1. The van der Waals surface area contributed by atoms with Crippen LogP contribution in [0.5, 0.6) is 0 Å². The third-order valence-electron chi connectivity index (χ3n) is 4.17. The van der Waals surface area contributed by atoms with Crippen LogP contribution in [0.2, 0.25) is 0 Å². The van der Waals surface area contributed by atoms with Crippen molar-refractivity contribution in [3.8, 4) is 0 Å². The number of nitrogens with one attached hydrogen (secondary N) is 1. The lowest BCUT2D eigenvalue weighted by molar-refractivity contribution is -0.121. The first-order valence-corrected chi connectivity index (χ1v) is 7.60. The predicted molar refractivity (Wildman–Crippen MR) is 86.5 cm³/mol. The Hall–Kier alpha value is -1.59. The zero-order valence-corrected chi connectivity index (χ0v) is 13.0. The van der Waals surface area contributed by atoms with Gasteiger partial charge >= 0.3 is 0 Å². The molecule has 21 heavy (non-hydrogen) atoms. The summed E-state index contributed by atoms with van der Waals surface area (Å²) in [6, 6.07) is 8.75. The van der Waals surface area contributed by atoms with E-state index in [4.69, 9.17) is 5.73 Å². The molecule has 1 aromatic rings. The minimum atomic E-state index is 0.0616. The van der Waals surface area contributed by atoms with Crippen LogP contribution in [-0.4, -0.2) is 56.6 Å². The summed E-state index contributed by atoms with van der Waals surface area (Å²) in [6.07, 6.45) is 0.484. The Balaban J connectivity index is 1.91. The summed E-state index contributed by atoms with van der Waals surface area (Å²) in [7, 11) is 1.67. The van der Waals surface area contributed by atoms with Gasteiger partial charge in [0.25, 0.3) is 0 Å². The Morgan fingerprint density at radius 3 is 2.62 bits per heavy atom. The molecule has 1 amide bonds. The quantitative estimate of drug-likeness (QED) is 0.833. The topological polar surface area (TPSA) is 61.6 Å². The molecule has 1 aliphatic heterocycles. The number of carbonyl (C=O) groups excluding carboxylic acids is 1. The van der Waals surface area contributed by atoms with Gasteiger partial charge in [0.1, 0.15) is 0 Å². The van der Waals surface area contributed by atoms with Crippen molar-refractivity contribution in [3.63, 3.8) is 0 Å². The number of benzene rings is 1. The van der Waals surface area contributed by atoms with Crippen molar-refractivity contribution in [2.45, 2.75) is 19.4 Å². The average molecular weight is 290 g/mol. The van der Waals surface area contributed by atoms with Crippen LogP contribution in [0.15, 0.2) is 24.3 Å². The van der Waals surface area contributed by atoms with Crippen LogP contribution in [0.1, 0.15) is 12.0 Å². The molecule has 1 unspecified atom stereocenters. The Bertz CT molecular complexity index is 469.